The van der Waals surface area contributed by atoms with Gasteiger partial charge < -0.3 is 10.2 Å². The fourth-order valence-corrected chi connectivity index (χ4v) is 5.04. The van der Waals surface area contributed by atoms with Gasteiger partial charge in [-0.1, -0.05) is 65.3 Å². The third-order valence-electron chi connectivity index (χ3n) is 5.88. The zero-order valence-electron chi connectivity index (χ0n) is 21.3. The van der Waals surface area contributed by atoms with Gasteiger partial charge in [0.05, 0.1) is 11.9 Å². The van der Waals surface area contributed by atoms with Crippen molar-refractivity contribution in [2.75, 3.05) is 23.7 Å². The first-order chi connectivity index (χ1) is 18.1. The summed E-state index contributed by atoms with van der Waals surface area (Å²) in [6.45, 7) is 1.84. The lowest BCUT2D eigenvalue weighted by Crippen LogP contribution is -2.53. The normalized spacial score (nSPS) is 12.0. The standard InChI is InChI=1S/C28H31BrFN3O4S/c1-3-17-31-28(35)26(18-21-7-5-4-6-8-21)32(19-22-9-13-24(30)14-10-22)27(34)20-33(38(2,36)37)25-15-11-23(29)12-16-25/h4-16,26H,3,17-20H2,1-2H3,(H,31,35). The Balaban J connectivity index is 2.02. The van der Waals surface area contributed by atoms with Crippen LogP contribution in [-0.2, 0) is 32.6 Å². The van der Waals surface area contributed by atoms with E-state index in [2.05, 4.69) is 21.2 Å². The van der Waals surface area contributed by atoms with E-state index in [1.165, 1.54) is 17.0 Å². The number of anilines is 1. The number of sulfonamides is 1. The maximum Gasteiger partial charge on any atom is 0.244 e. The number of carbonyl (C=O) groups is 2. The van der Waals surface area contributed by atoms with Crippen LogP contribution in [0.5, 0.6) is 0 Å². The van der Waals surface area contributed by atoms with Crippen molar-refractivity contribution in [3.63, 3.8) is 0 Å². The first-order valence-corrected chi connectivity index (χ1v) is 14.8. The van der Waals surface area contributed by atoms with Crippen LogP contribution < -0.4 is 9.62 Å². The van der Waals surface area contributed by atoms with Gasteiger partial charge >= 0.3 is 0 Å². The number of nitrogens with zero attached hydrogens (tertiary/aromatic N) is 2. The van der Waals surface area contributed by atoms with Crippen LogP contribution in [0.3, 0.4) is 0 Å². The van der Waals surface area contributed by atoms with Gasteiger partial charge in [-0.25, -0.2) is 12.8 Å². The molecule has 0 aromatic heterocycles. The Hall–Kier alpha value is -3.24. The van der Waals surface area contributed by atoms with Crippen molar-refractivity contribution in [1.82, 2.24) is 10.2 Å². The van der Waals surface area contributed by atoms with Crippen LogP contribution in [0.4, 0.5) is 10.1 Å². The van der Waals surface area contributed by atoms with Crippen LogP contribution in [0.25, 0.3) is 0 Å². The summed E-state index contributed by atoms with van der Waals surface area (Å²) in [6, 6.07) is 20.6. The van der Waals surface area contributed by atoms with E-state index < -0.39 is 34.3 Å². The number of amides is 2. The minimum absolute atomic E-state index is 0.00585. The predicted molar refractivity (Wildman–Crippen MR) is 151 cm³/mol. The number of nitrogens with one attached hydrogen (secondary N) is 1. The van der Waals surface area contributed by atoms with Gasteiger partial charge in [0.2, 0.25) is 21.8 Å². The molecule has 0 fully saturated rings. The van der Waals surface area contributed by atoms with Crippen LogP contribution in [0.15, 0.2) is 83.3 Å². The summed E-state index contributed by atoms with van der Waals surface area (Å²) in [5.74, 6) is -1.33. The number of halogens is 2. The molecule has 0 heterocycles. The molecular formula is C28H31BrFN3O4S. The second-order valence-corrected chi connectivity index (χ2v) is 11.7. The van der Waals surface area contributed by atoms with Gasteiger partial charge in [0, 0.05) is 24.0 Å². The molecule has 0 spiro atoms. The zero-order chi connectivity index (χ0) is 27.7. The maximum atomic E-state index is 13.9. The molecule has 1 N–H and O–H groups in total. The molecule has 3 aromatic carbocycles. The molecule has 1 unspecified atom stereocenters. The van der Waals surface area contributed by atoms with Crippen molar-refractivity contribution in [2.45, 2.75) is 32.4 Å². The van der Waals surface area contributed by atoms with Gasteiger partial charge in [0.15, 0.2) is 0 Å². The topological polar surface area (TPSA) is 86.8 Å². The number of rotatable bonds is 12. The summed E-state index contributed by atoms with van der Waals surface area (Å²) in [7, 11) is -3.84. The van der Waals surface area contributed by atoms with Crippen LogP contribution in [0, 0.1) is 5.82 Å². The van der Waals surface area contributed by atoms with Gasteiger partial charge in [-0.3, -0.25) is 13.9 Å². The fourth-order valence-electron chi connectivity index (χ4n) is 3.93. The van der Waals surface area contributed by atoms with Gasteiger partial charge in [-0.15, -0.1) is 0 Å². The van der Waals surface area contributed by atoms with Crippen molar-refractivity contribution < 1.29 is 22.4 Å². The third-order valence-corrected chi connectivity index (χ3v) is 7.55. The SMILES string of the molecule is CCCNC(=O)C(Cc1ccccc1)N(Cc1ccc(F)cc1)C(=O)CN(c1ccc(Br)cc1)S(C)(=O)=O. The Bertz CT molecular complexity index is 1320. The number of hydrogen-bond acceptors (Lipinski definition) is 4. The Morgan fingerprint density at radius 3 is 2.16 bits per heavy atom. The van der Waals surface area contributed by atoms with Crippen molar-refractivity contribution in [2.24, 2.45) is 0 Å². The van der Waals surface area contributed by atoms with E-state index in [1.54, 1.807) is 36.4 Å². The number of hydrogen-bond donors (Lipinski definition) is 1. The predicted octanol–water partition coefficient (Wildman–Crippen LogP) is 4.52. The van der Waals surface area contributed by atoms with Gasteiger partial charge in [0.25, 0.3) is 0 Å². The highest BCUT2D eigenvalue weighted by molar-refractivity contribution is 9.10. The number of carbonyl (C=O) groups excluding carboxylic acids is 2. The highest BCUT2D eigenvalue weighted by Gasteiger charge is 2.32. The molecule has 202 valence electrons. The van der Waals surface area contributed by atoms with Crippen LogP contribution in [-0.4, -0.2) is 50.5 Å². The van der Waals surface area contributed by atoms with Crippen molar-refractivity contribution in [3.8, 4) is 0 Å². The van der Waals surface area contributed by atoms with E-state index in [1.807, 2.05) is 37.3 Å². The second-order valence-electron chi connectivity index (χ2n) is 8.89. The monoisotopic (exact) mass is 603 g/mol. The average molecular weight is 605 g/mol. The van der Waals surface area contributed by atoms with E-state index in [0.29, 0.717) is 24.2 Å². The van der Waals surface area contributed by atoms with Crippen molar-refractivity contribution in [1.29, 1.82) is 0 Å². The first kappa shape index (κ1) is 29.3. The molecule has 2 amide bonds. The molecule has 10 heteroatoms. The van der Waals surface area contributed by atoms with Crippen LogP contribution in [0.2, 0.25) is 0 Å². The zero-order valence-corrected chi connectivity index (χ0v) is 23.7. The Labute approximate surface area is 231 Å². The lowest BCUT2D eigenvalue weighted by Gasteiger charge is -2.33. The first-order valence-electron chi connectivity index (χ1n) is 12.2. The summed E-state index contributed by atoms with van der Waals surface area (Å²) in [5.41, 5.74) is 1.77. The summed E-state index contributed by atoms with van der Waals surface area (Å²) < 4.78 is 40.8. The highest BCUT2D eigenvalue weighted by atomic mass is 79.9. The smallest absolute Gasteiger partial charge is 0.244 e. The van der Waals surface area contributed by atoms with Crippen LogP contribution >= 0.6 is 15.9 Å². The van der Waals surface area contributed by atoms with Crippen LogP contribution in [0.1, 0.15) is 24.5 Å². The molecule has 1 atom stereocenters. The summed E-state index contributed by atoms with van der Waals surface area (Å²) >= 11 is 3.33. The molecule has 0 bridgehead atoms. The van der Waals surface area contributed by atoms with Gasteiger partial charge in [-0.2, -0.15) is 0 Å². The highest BCUT2D eigenvalue weighted by Crippen LogP contribution is 2.22. The summed E-state index contributed by atoms with van der Waals surface area (Å²) in [4.78, 5) is 28.6. The lowest BCUT2D eigenvalue weighted by atomic mass is 10.0. The molecule has 0 aliphatic rings. The maximum absolute atomic E-state index is 13.9. The van der Waals surface area contributed by atoms with Crippen molar-refractivity contribution in [3.05, 3.63) is 100 Å². The minimum atomic E-state index is -3.84. The summed E-state index contributed by atoms with van der Waals surface area (Å²) in [6.07, 6.45) is 1.96. The molecule has 0 aliphatic carbocycles. The molecule has 0 radical (unpaired) electrons. The third kappa shape index (κ3) is 8.39. The Morgan fingerprint density at radius 1 is 0.947 bits per heavy atom. The second kappa shape index (κ2) is 13.5. The summed E-state index contributed by atoms with van der Waals surface area (Å²) in [5, 5.41) is 2.87. The molecule has 7 nitrogen and oxygen atoms in total. The Morgan fingerprint density at radius 2 is 1.58 bits per heavy atom. The quantitative estimate of drug-likeness (QED) is 0.330. The molecule has 0 saturated heterocycles. The molecule has 0 saturated carbocycles. The van der Waals surface area contributed by atoms with E-state index in [9.17, 15) is 22.4 Å². The van der Waals surface area contributed by atoms with Crippen molar-refractivity contribution >= 4 is 43.5 Å². The average Bonchev–Trinajstić information content (AvgIpc) is 2.89. The largest absolute Gasteiger partial charge is 0.354 e. The Kier molecular flexibility index (Phi) is 10.4. The fraction of sp³-hybridized carbons (Fsp3) is 0.286. The van der Waals surface area contributed by atoms with E-state index in [-0.39, 0.29) is 18.9 Å². The lowest BCUT2D eigenvalue weighted by molar-refractivity contribution is -0.140. The van der Waals surface area contributed by atoms with E-state index >= 15 is 0 Å². The van der Waals surface area contributed by atoms with Gasteiger partial charge in [-0.05, 0) is 53.9 Å². The molecule has 0 aliphatic heterocycles. The molecular weight excluding hydrogens is 573 g/mol. The van der Waals surface area contributed by atoms with E-state index in [4.69, 9.17) is 0 Å². The molecule has 38 heavy (non-hydrogen) atoms. The number of benzene rings is 3. The van der Waals surface area contributed by atoms with Gasteiger partial charge in [0.1, 0.15) is 18.4 Å². The molecule has 3 aromatic rings. The minimum Gasteiger partial charge on any atom is -0.354 e. The molecule has 3 rings (SSSR count). The van der Waals surface area contributed by atoms with E-state index in [0.717, 1.165) is 20.6 Å².